The number of hydrogen-bond donors (Lipinski definition) is 7. The topological polar surface area (TPSA) is 186 Å². The van der Waals surface area contributed by atoms with E-state index in [1.165, 1.54) is 30.3 Å². The van der Waals surface area contributed by atoms with Crippen LogP contribution in [0.3, 0.4) is 0 Å². The number of carbonyl (C=O) groups is 1. The summed E-state index contributed by atoms with van der Waals surface area (Å²) in [5.74, 6) is -2.17. The molecule has 2 aliphatic rings. The SMILES string of the molecule is O=C1C(=Cc2ccc(O)c(O)c2)Oc2cc(O)cc(O[C@H]3O[C@H](CO)[C@@H](O)[C@H](O)[C@H]3O)c21. The van der Waals surface area contributed by atoms with E-state index in [9.17, 15) is 40.5 Å². The van der Waals surface area contributed by atoms with Gasteiger partial charge < -0.3 is 50.0 Å². The molecule has 4 rings (SSSR count). The van der Waals surface area contributed by atoms with Crippen molar-refractivity contribution in [3.63, 3.8) is 0 Å². The largest absolute Gasteiger partial charge is 0.508 e. The number of ketones is 1. The molecule has 0 saturated carbocycles. The highest BCUT2D eigenvalue weighted by Crippen LogP contribution is 2.42. The van der Waals surface area contributed by atoms with E-state index in [0.717, 1.165) is 6.07 Å². The summed E-state index contributed by atoms with van der Waals surface area (Å²) in [4.78, 5) is 12.9. The summed E-state index contributed by atoms with van der Waals surface area (Å²) >= 11 is 0. The maximum Gasteiger partial charge on any atom is 0.235 e. The van der Waals surface area contributed by atoms with Crippen LogP contribution in [0.2, 0.25) is 0 Å². The second-order valence-corrected chi connectivity index (χ2v) is 7.32. The van der Waals surface area contributed by atoms with Gasteiger partial charge in [-0.05, 0) is 23.8 Å². The molecule has 5 atom stereocenters. The summed E-state index contributed by atoms with van der Waals surface area (Å²) < 4.78 is 16.3. The van der Waals surface area contributed by atoms with Crippen LogP contribution in [0.15, 0.2) is 36.1 Å². The number of carbonyl (C=O) groups excluding carboxylic acids is 1. The first-order valence-electron chi connectivity index (χ1n) is 9.50. The quantitative estimate of drug-likeness (QED) is 0.238. The van der Waals surface area contributed by atoms with Crippen LogP contribution in [-0.4, -0.2) is 78.8 Å². The molecule has 0 amide bonds. The molecule has 32 heavy (non-hydrogen) atoms. The van der Waals surface area contributed by atoms with Crippen LogP contribution < -0.4 is 9.47 Å². The maximum atomic E-state index is 12.9. The van der Waals surface area contributed by atoms with E-state index < -0.39 is 48.8 Å². The number of aromatic hydroxyl groups is 3. The molecule has 2 aliphatic heterocycles. The van der Waals surface area contributed by atoms with E-state index in [2.05, 4.69) is 0 Å². The van der Waals surface area contributed by atoms with Crippen LogP contribution in [0, 0.1) is 0 Å². The van der Waals surface area contributed by atoms with Crippen molar-refractivity contribution < 1.29 is 54.8 Å². The van der Waals surface area contributed by atoms with Gasteiger partial charge >= 0.3 is 0 Å². The molecule has 0 radical (unpaired) electrons. The Hall–Kier alpha value is -3.35. The Balaban J connectivity index is 1.65. The lowest BCUT2D eigenvalue weighted by atomic mass is 9.99. The minimum Gasteiger partial charge on any atom is -0.508 e. The average molecular weight is 448 g/mol. The van der Waals surface area contributed by atoms with Gasteiger partial charge in [0.1, 0.15) is 47.2 Å². The maximum absolute atomic E-state index is 12.9. The zero-order valence-corrected chi connectivity index (χ0v) is 16.3. The van der Waals surface area contributed by atoms with Gasteiger partial charge in [-0.1, -0.05) is 6.07 Å². The molecule has 0 aromatic heterocycles. The fourth-order valence-electron chi connectivity index (χ4n) is 3.43. The van der Waals surface area contributed by atoms with Crippen molar-refractivity contribution in [3.8, 4) is 28.7 Å². The number of phenolic OH excluding ortho intramolecular Hbond substituents is 3. The number of benzene rings is 2. The smallest absolute Gasteiger partial charge is 0.235 e. The number of fused-ring (bicyclic) bond motifs is 1. The molecule has 2 aromatic carbocycles. The highest BCUT2D eigenvalue weighted by atomic mass is 16.7. The lowest BCUT2D eigenvalue weighted by molar-refractivity contribution is -0.277. The molecule has 0 spiro atoms. The molecule has 0 unspecified atom stereocenters. The third kappa shape index (κ3) is 3.83. The van der Waals surface area contributed by atoms with Gasteiger partial charge in [0, 0.05) is 12.1 Å². The van der Waals surface area contributed by atoms with Crippen LogP contribution in [0.4, 0.5) is 0 Å². The third-order valence-corrected chi connectivity index (χ3v) is 5.11. The van der Waals surface area contributed by atoms with Gasteiger partial charge in [-0.2, -0.15) is 0 Å². The van der Waals surface area contributed by atoms with E-state index >= 15 is 0 Å². The van der Waals surface area contributed by atoms with Crippen LogP contribution >= 0.6 is 0 Å². The van der Waals surface area contributed by atoms with Crippen molar-refractivity contribution in [3.05, 3.63) is 47.2 Å². The molecule has 0 bridgehead atoms. The van der Waals surface area contributed by atoms with Crippen molar-refractivity contribution in [1.82, 2.24) is 0 Å². The fourth-order valence-corrected chi connectivity index (χ4v) is 3.43. The lowest BCUT2D eigenvalue weighted by Gasteiger charge is -2.39. The first-order valence-corrected chi connectivity index (χ1v) is 9.50. The van der Waals surface area contributed by atoms with Gasteiger partial charge in [0.15, 0.2) is 17.3 Å². The Labute approximate surface area is 180 Å². The molecule has 2 heterocycles. The van der Waals surface area contributed by atoms with E-state index in [-0.39, 0.29) is 34.3 Å². The van der Waals surface area contributed by atoms with E-state index in [4.69, 9.17) is 14.2 Å². The van der Waals surface area contributed by atoms with Crippen molar-refractivity contribution in [2.24, 2.45) is 0 Å². The van der Waals surface area contributed by atoms with Gasteiger partial charge in [0.2, 0.25) is 12.1 Å². The van der Waals surface area contributed by atoms with Crippen molar-refractivity contribution in [2.75, 3.05) is 6.61 Å². The van der Waals surface area contributed by atoms with Crippen molar-refractivity contribution in [2.45, 2.75) is 30.7 Å². The van der Waals surface area contributed by atoms with Gasteiger partial charge in [-0.15, -0.1) is 0 Å². The third-order valence-electron chi connectivity index (χ3n) is 5.11. The number of Topliss-reactive ketones (excluding diaryl/α,β-unsaturated/α-hetero) is 1. The van der Waals surface area contributed by atoms with E-state index in [1.807, 2.05) is 0 Å². The fraction of sp³-hybridized carbons (Fsp3) is 0.286. The Morgan fingerprint density at radius 3 is 2.41 bits per heavy atom. The predicted octanol–water partition coefficient (Wildman–Crippen LogP) is -0.402. The lowest BCUT2D eigenvalue weighted by Crippen LogP contribution is -2.60. The first-order chi connectivity index (χ1) is 15.2. The summed E-state index contributed by atoms with van der Waals surface area (Å²) in [5.41, 5.74) is 0.242. The molecule has 2 aromatic rings. The summed E-state index contributed by atoms with van der Waals surface area (Å²) in [5, 5.41) is 68.4. The Kier molecular flexibility index (Phi) is 5.67. The van der Waals surface area contributed by atoms with Gasteiger partial charge in [0.25, 0.3) is 0 Å². The second kappa shape index (κ2) is 8.30. The Bertz CT molecular complexity index is 1080. The first kappa shape index (κ1) is 21.9. The molecular weight excluding hydrogens is 428 g/mol. The number of rotatable bonds is 4. The Morgan fingerprint density at radius 2 is 1.72 bits per heavy atom. The summed E-state index contributed by atoms with van der Waals surface area (Å²) in [6, 6.07) is 6.13. The van der Waals surface area contributed by atoms with Crippen LogP contribution in [0.25, 0.3) is 6.08 Å². The van der Waals surface area contributed by atoms with Crippen LogP contribution in [0.1, 0.15) is 15.9 Å². The predicted molar refractivity (Wildman–Crippen MR) is 105 cm³/mol. The highest BCUT2D eigenvalue weighted by Gasteiger charge is 2.45. The number of aliphatic hydroxyl groups is 4. The number of allylic oxidation sites excluding steroid dienone is 1. The summed E-state index contributed by atoms with van der Waals surface area (Å²) in [7, 11) is 0. The monoisotopic (exact) mass is 448 g/mol. The number of hydrogen-bond acceptors (Lipinski definition) is 11. The van der Waals surface area contributed by atoms with Gasteiger partial charge in [-0.25, -0.2) is 0 Å². The number of aliphatic hydroxyl groups excluding tert-OH is 4. The number of ether oxygens (including phenoxy) is 3. The molecule has 11 heteroatoms. The Morgan fingerprint density at radius 1 is 0.969 bits per heavy atom. The normalized spacial score (nSPS) is 28.4. The molecule has 170 valence electrons. The van der Waals surface area contributed by atoms with Crippen LogP contribution in [0.5, 0.6) is 28.7 Å². The van der Waals surface area contributed by atoms with Crippen molar-refractivity contribution >= 4 is 11.9 Å². The van der Waals surface area contributed by atoms with E-state index in [0.29, 0.717) is 5.56 Å². The molecule has 0 aliphatic carbocycles. The minimum atomic E-state index is -1.72. The summed E-state index contributed by atoms with van der Waals surface area (Å²) in [6.07, 6.45) is -6.51. The van der Waals surface area contributed by atoms with Crippen LogP contribution in [-0.2, 0) is 4.74 Å². The van der Waals surface area contributed by atoms with E-state index in [1.54, 1.807) is 0 Å². The molecule has 11 nitrogen and oxygen atoms in total. The molecule has 1 saturated heterocycles. The summed E-state index contributed by atoms with van der Waals surface area (Å²) in [6.45, 7) is -0.669. The minimum absolute atomic E-state index is 0.0520. The molecule has 7 N–H and O–H groups in total. The standard InChI is InChI=1S/C21H20O11/c22-7-15-18(27)19(28)20(29)21(32-15)31-13-6-9(23)5-12-16(13)17(26)14(30-12)4-8-1-2-10(24)11(25)3-8/h1-6,15,18-25,27-29H,7H2/t15-,18-,19+,20-,21+/m1/s1. The van der Waals surface area contributed by atoms with Gasteiger partial charge in [0.05, 0.1) is 6.61 Å². The highest BCUT2D eigenvalue weighted by molar-refractivity contribution is 6.16. The van der Waals surface area contributed by atoms with Gasteiger partial charge in [-0.3, -0.25) is 4.79 Å². The average Bonchev–Trinajstić information content (AvgIpc) is 3.06. The second-order valence-electron chi connectivity index (χ2n) is 7.32. The number of phenols is 3. The zero-order valence-electron chi connectivity index (χ0n) is 16.3. The zero-order chi connectivity index (χ0) is 23.2. The molecule has 1 fully saturated rings. The van der Waals surface area contributed by atoms with Crippen molar-refractivity contribution in [1.29, 1.82) is 0 Å². The molecular formula is C21H20O11.